The topological polar surface area (TPSA) is 13.1 Å². The summed E-state index contributed by atoms with van der Waals surface area (Å²) in [5.74, 6) is 0.884. The van der Waals surface area contributed by atoms with Gasteiger partial charge in [-0.2, -0.15) is 0 Å². The van der Waals surface area contributed by atoms with Crippen molar-refractivity contribution in [2.24, 2.45) is 0 Å². The van der Waals surface area contributed by atoms with Gasteiger partial charge in [-0.3, -0.25) is 0 Å². The zero-order chi connectivity index (χ0) is 11.5. The Balaban J connectivity index is 1.92. The summed E-state index contributed by atoms with van der Waals surface area (Å²) in [6.45, 7) is 0. The van der Waals surface area contributed by atoms with Gasteiger partial charge in [0.25, 0.3) is 0 Å². The molecule has 17 heavy (non-hydrogen) atoms. The second-order valence-electron chi connectivity index (χ2n) is 3.93. The van der Waals surface area contributed by atoms with E-state index in [1.807, 2.05) is 42.5 Å². The molecule has 2 aromatic carbocycles. The average molecular weight is 220 g/mol. The minimum atomic E-state index is 0.884. The molecule has 3 rings (SSSR count). The molecule has 0 atom stereocenters. The lowest BCUT2D eigenvalue weighted by molar-refractivity contribution is 0.604. The molecule has 0 N–H and O–H groups in total. The first-order chi connectivity index (χ1) is 8.42. The van der Waals surface area contributed by atoms with E-state index in [4.69, 9.17) is 4.42 Å². The van der Waals surface area contributed by atoms with Crippen LogP contribution in [0.25, 0.3) is 23.1 Å². The van der Waals surface area contributed by atoms with Crippen LogP contribution in [0.2, 0.25) is 0 Å². The highest BCUT2D eigenvalue weighted by Gasteiger charge is 1.98. The van der Waals surface area contributed by atoms with Gasteiger partial charge in [0.05, 0.1) is 0 Å². The predicted octanol–water partition coefficient (Wildman–Crippen LogP) is 4.60. The largest absolute Gasteiger partial charge is 0.457 e. The predicted molar refractivity (Wildman–Crippen MR) is 71.6 cm³/mol. The number of hydrogen-bond donors (Lipinski definition) is 0. The van der Waals surface area contributed by atoms with Crippen LogP contribution < -0.4 is 0 Å². The highest BCUT2D eigenvalue weighted by atomic mass is 16.3. The van der Waals surface area contributed by atoms with Crippen molar-refractivity contribution in [3.05, 3.63) is 72.0 Å². The van der Waals surface area contributed by atoms with Crippen LogP contribution in [-0.4, -0.2) is 0 Å². The van der Waals surface area contributed by atoms with Gasteiger partial charge in [-0.25, -0.2) is 0 Å². The highest BCUT2D eigenvalue weighted by Crippen LogP contribution is 2.20. The van der Waals surface area contributed by atoms with E-state index < -0.39 is 0 Å². The minimum Gasteiger partial charge on any atom is -0.457 e. The third kappa shape index (κ3) is 2.13. The molecule has 0 aliphatic rings. The number of hydrogen-bond acceptors (Lipinski definition) is 1. The standard InChI is InChI=1S/C16H12O/c1-2-6-13(7-3-1)10-11-15-12-14-8-4-5-9-16(14)17-15/h1-12H. The van der Waals surface area contributed by atoms with Crippen LogP contribution in [0.3, 0.4) is 0 Å². The molecule has 0 bridgehead atoms. The Morgan fingerprint density at radius 2 is 1.53 bits per heavy atom. The molecule has 0 saturated carbocycles. The molecular weight excluding hydrogens is 208 g/mol. The second kappa shape index (κ2) is 4.30. The Morgan fingerprint density at radius 3 is 2.35 bits per heavy atom. The summed E-state index contributed by atoms with van der Waals surface area (Å²) in [6, 6.07) is 20.3. The molecule has 1 aromatic heterocycles. The average Bonchev–Trinajstić information content (AvgIpc) is 2.80. The Kier molecular flexibility index (Phi) is 2.51. The van der Waals surface area contributed by atoms with E-state index in [2.05, 4.69) is 30.3 Å². The third-order valence-electron chi connectivity index (χ3n) is 2.68. The monoisotopic (exact) mass is 220 g/mol. The summed E-state index contributed by atoms with van der Waals surface area (Å²) in [5, 5.41) is 1.14. The lowest BCUT2D eigenvalue weighted by Crippen LogP contribution is -1.67. The molecule has 0 aliphatic heterocycles. The Labute approximate surface area is 100 Å². The maximum Gasteiger partial charge on any atom is 0.134 e. The van der Waals surface area contributed by atoms with Gasteiger partial charge < -0.3 is 4.42 Å². The van der Waals surface area contributed by atoms with E-state index in [0.29, 0.717) is 0 Å². The van der Waals surface area contributed by atoms with Gasteiger partial charge in [0, 0.05) is 5.39 Å². The lowest BCUT2D eigenvalue weighted by atomic mass is 10.2. The van der Waals surface area contributed by atoms with E-state index >= 15 is 0 Å². The first-order valence-electron chi connectivity index (χ1n) is 5.63. The van der Waals surface area contributed by atoms with Gasteiger partial charge in [-0.15, -0.1) is 0 Å². The second-order valence-corrected chi connectivity index (χ2v) is 3.93. The fraction of sp³-hybridized carbons (Fsp3) is 0. The fourth-order valence-electron chi connectivity index (χ4n) is 1.83. The molecule has 1 nitrogen and oxygen atoms in total. The number of furan rings is 1. The molecule has 0 amide bonds. The summed E-state index contributed by atoms with van der Waals surface area (Å²) < 4.78 is 5.70. The molecule has 0 saturated heterocycles. The Morgan fingerprint density at radius 1 is 0.765 bits per heavy atom. The molecular formula is C16H12O. The summed E-state index contributed by atoms with van der Waals surface area (Å²) >= 11 is 0. The van der Waals surface area contributed by atoms with Crippen LogP contribution in [0.4, 0.5) is 0 Å². The molecule has 3 aromatic rings. The van der Waals surface area contributed by atoms with Gasteiger partial charge in [0.2, 0.25) is 0 Å². The van der Waals surface area contributed by atoms with Crippen molar-refractivity contribution in [2.45, 2.75) is 0 Å². The van der Waals surface area contributed by atoms with Crippen LogP contribution >= 0.6 is 0 Å². The third-order valence-corrected chi connectivity index (χ3v) is 2.68. The quantitative estimate of drug-likeness (QED) is 0.615. The van der Waals surface area contributed by atoms with Crippen LogP contribution in [0.15, 0.2) is 65.1 Å². The van der Waals surface area contributed by atoms with Crippen molar-refractivity contribution in [3.8, 4) is 0 Å². The number of rotatable bonds is 2. The smallest absolute Gasteiger partial charge is 0.134 e. The van der Waals surface area contributed by atoms with Gasteiger partial charge in [0.1, 0.15) is 11.3 Å². The van der Waals surface area contributed by atoms with Crippen molar-refractivity contribution >= 4 is 23.1 Å². The van der Waals surface area contributed by atoms with Crippen molar-refractivity contribution in [1.29, 1.82) is 0 Å². The Bertz CT molecular complexity index is 614. The van der Waals surface area contributed by atoms with Crippen molar-refractivity contribution < 1.29 is 4.42 Å². The summed E-state index contributed by atoms with van der Waals surface area (Å²) in [6.07, 6.45) is 4.05. The lowest BCUT2D eigenvalue weighted by Gasteiger charge is -1.89. The molecule has 0 spiro atoms. The van der Waals surface area contributed by atoms with Crippen molar-refractivity contribution in [3.63, 3.8) is 0 Å². The number of benzene rings is 2. The molecule has 0 aliphatic carbocycles. The van der Waals surface area contributed by atoms with Crippen LogP contribution in [0, 0.1) is 0 Å². The highest BCUT2D eigenvalue weighted by molar-refractivity contribution is 5.81. The van der Waals surface area contributed by atoms with Crippen LogP contribution in [0.1, 0.15) is 11.3 Å². The van der Waals surface area contributed by atoms with E-state index in [1.165, 1.54) is 5.56 Å². The maximum absolute atomic E-state index is 5.70. The first kappa shape index (κ1) is 9.91. The van der Waals surface area contributed by atoms with Crippen LogP contribution in [0.5, 0.6) is 0 Å². The summed E-state index contributed by atoms with van der Waals surface area (Å²) in [5.41, 5.74) is 2.10. The van der Waals surface area contributed by atoms with Gasteiger partial charge in [-0.1, -0.05) is 54.6 Å². The van der Waals surface area contributed by atoms with Crippen LogP contribution in [-0.2, 0) is 0 Å². The zero-order valence-corrected chi connectivity index (χ0v) is 9.34. The Hall–Kier alpha value is -2.28. The number of para-hydroxylation sites is 1. The molecule has 82 valence electrons. The van der Waals surface area contributed by atoms with E-state index in [9.17, 15) is 0 Å². The first-order valence-corrected chi connectivity index (χ1v) is 5.63. The van der Waals surface area contributed by atoms with Gasteiger partial charge >= 0.3 is 0 Å². The summed E-state index contributed by atoms with van der Waals surface area (Å²) in [4.78, 5) is 0. The van der Waals surface area contributed by atoms with E-state index in [-0.39, 0.29) is 0 Å². The van der Waals surface area contributed by atoms with Crippen molar-refractivity contribution in [1.82, 2.24) is 0 Å². The van der Waals surface area contributed by atoms with Gasteiger partial charge in [-0.05, 0) is 23.8 Å². The van der Waals surface area contributed by atoms with E-state index in [0.717, 1.165) is 16.7 Å². The number of fused-ring (bicyclic) bond motifs is 1. The fourth-order valence-corrected chi connectivity index (χ4v) is 1.83. The normalized spacial score (nSPS) is 11.3. The molecule has 1 heteroatoms. The molecule has 0 fully saturated rings. The van der Waals surface area contributed by atoms with Gasteiger partial charge in [0.15, 0.2) is 0 Å². The zero-order valence-electron chi connectivity index (χ0n) is 9.34. The molecule has 1 heterocycles. The SMILES string of the molecule is C(=Cc1cc2ccccc2o1)c1ccccc1. The molecule has 0 radical (unpaired) electrons. The molecule has 0 unspecified atom stereocenters. The minimum absolute atomic E-state index is 0.884. The summed E-state index contributed by atoms with van der Waals surface area (Å²) in [7, 11) is 0. The van der Waals surface area contributed by atoms with E-state index in [1.54, 1.807) is 0 Å². The van der Waals surface area contributed by atoms with Crippen molar-refractivity contribution in [2.75, 3.05) is 0 Å². The maximum atomic E-state index is 5.70.